The fraction of sp³-hybridized carbons (Fsp3) is 0.368. The van der Waals surface area contributed by atoms with Gasteiger partial charge in [-0.25, -0.2) is 0 Å². The van der Waals surface area contributed by atoms with Gasteiger partial charge in [-0.3, -0.25) is 9.59 Å². The fourth-order valence-electron chi connectivity index (χ4n) is 3.22. The molecule has 2 heterocycles. The molecule has 0 atom stereocenters. The molecule has 1 aromatic carbocycles. The minimum Gasteiger partial charge on any atom is -0.496 e. The molecule has 1 N–H and O–H groups in total. The van der Waals surface area contributed by atoms with Crippen LogP contribution in [0.2, 0.25) is 0 Å². The number of aryl methyl sites for hydroxylation is 1. The molecule has 1 amide bonds. The highest BCUT2D eigenvalue weighted by Crippen LogP contribution is 2.25. The summed E-state index contributed by atoms with van der Waals surface area (Å²) in [6.45, 7) is 3.13. The maximum absolute atomic E-state index is 12.8. The quantitative estimate of drug-likeness (QED) is 0.939. The molecule has 0 unspecified atom stereocenters. The third-order valence-corrected chi connectivity index (χ3v) is 4.57. The topological polar surface area (TPSA) is 60.3 Å². The Morgan fingerprint density at radius 3 is 2.83 bits per heavy atom. The van der Waals surface area contributed by atoms with Gasteiger partial charge in [-0.1, -0.05) is 24.3 Å². The van der Waals surface area contributed by atoms with Crippen molar-refractivity contribution in [2.24, 2.45) is 0 Å². The highest BCUT2D eigenvalue weighted by atomic mass is 16.5. The van der Waals surface area contributed by atoms with Gasteiger partial charge in [0.25, 0.3) is 11.5 Å². The van der Waals surface area contributed by atoms with Gasteiger partial charge in [-0.2, -0.15) is 0 Å². The first kappa shape index (κ1) is 16.3. The van der Waals surface area contributed by atoms with Crippen LogP contribution in [0.1, 0.15) is 40.0 Å². The van der Waals surface area contributed by atoms with Crippen LogP contribution in [0, 0.1) is 6.92 Å². The zero-order valence-electron chi connectivity index (χ0n) is 14.1. The standard InChI is InChI=1S/C19H22N2O3/c1-13-7-3-4-8-14(13)12-20-19(23)18-15-9-5-6-10-21(15)17(22)11-16(18)24-2/h3-4,7-8,11H,5-6,9-10,12H2,1-2H3,(H,20,23). The number of pyridine rings is 1. The summed E-state index contributed by atoms with van der Waals surface area (Å²) in [5.74, 6) is 0.163. The number of carbonyl (C=O) groups excluding carboxylic acids is 1. The van der Waals surface area contributed by atoms with E-state index >= 15 is 0 Å². The van der Waals surface area contributed by atoms with Crippen LogP contribution in [0.15, 0.2) is 35.1 Å². The van der Waals surface area contributed by atoms with Crippen LogP contribution in [-0.2, 0) is 19.5 Å². The first-order valence-electron chi connectivity index (χ1n) is 8.25. The Morgan fingerprint density at radius 2 is 2.08 bits per heavy atom. The van der Waals surface area contributed by atoms with Crippen LogP contribution in [0.5, 0.6) is 5.75 Å². The van der Waals surface area contributed by atoms with E-state index in [1.165, 1.54) is 13.2 Å². The Hall–Kier alpha value is -2.56. The third kappa shape index (κ3) is 3.07. The van der Waals surface area contributed by atoms with Crippen LogP contribution < -0.4 is 15.6 Å². The molecule has 0 bridgehead atoms. The number of nitrogens with one attached hydrogen (secondary N) is 1. The highest BCUT2D eigenvalue weighted by molar-refractivity contribution is 5.98. The van der Waals surface area contributed by atoms with E-state index in [1.54, 1.807) is 4.57 Å². The van der Waals surface area contributed by atoms with Crippen molar-refractivity contribution < 1.29 is 9.53 Å². The Bertz CT molecular complexity index is 824. The fourth-order valence-corrected chi connectivity index (χ4v) is 3.22. The maximum atomic E-state index is 12.8. The van der Waals surface area contributed by atoms with Crippen LogP contribution >= 0.6 is 0 Å². The van der Waals surface area contributed by atoms with Crippen molar-refractivity contribution in [3.8, 4) is 5.75 Å². The molecule has 0 aliphatic carbocycles. The van der Waals surface area contributed by atoms with Crippen LogP contribution in [0.3, 0.4) is 0 Å². The lowest BCUT2D eigenvalue weighted by Gasteiger charge is -2.22. The maximum Gasteiger partial charge on any atom is 0.257 e. The highest BCUT2D eigenvalue weighted by Gasteiger charge is 2.23. The number of benzene rings is 1. The summed E-state index contributed by atoms with van der Waals surface area (Å²) in [5, 5.41) is 2.97. The van der Waals surface area contributed by atoms with Gasteiger partial charge >= 0.3 is 0 Å². The van der Waals surface area contributed by atoms with Crippen molar-refractivity contribution in [1.29, 1.82) is 0 Å². The average molecular weight is 326 g/mol. The molecular formula is C19H22N2O3. The zero-order chi connectivity index (χ0) is 17.1. The normalized spacial score (nSPS) is 13.2. The number of methoxy groups -OCH3 is 1. The van der Waals surface area contributed by atoms with Crippen molar-refractivity contribution in [1.82, 2.24) is 9.88 Å². The SMILES string of the molecule is COc1cc(=O)n2c(c1C(=O)NCc1ccccc1C)CCCC2. The molecule has 5 nitrogen and oxygen atoms in total. The molecule has 1 aromatic heterocycles. The van der Waals surface area contributed by atoms with Gasteiger partial charge in [0.05, 0.1) is 7.11 Å². The molecule has 1 aliphatic rings. The van der Waals surface area contributed by atoms with Gasteiger partial charge < -0.3 is 14.6 Å². The lowest BCUT2D eigenvalue weighted by Crippen LogP contribution is -2.33. The lowest BCUT2D eigenvalue weighted by atomic mass is 10.0. The molecule has 5 heteroatoms. The number of aromatic nitrogens is 1. The Balaban J connectivity index is 1.92. The first-order valence-corrected chi connectivity index (χ1v) is 8.25. The van der Waals surface area contributed by atoms with Gasteiger partial charge in [0, 0.05) is 24.8 Å². The van der Waals surface area contributed by atoms with Crippen molar-refractivity contribution in [2.45, 2.75) is 39.3 Å². The molecule has 0 fully saturated rings. The van der Waals surface area contributed by atoms with Crippen LogP contribution in [-0.4, -0.2) is 17.6 Å². The second kappa shape index (κ2) is 6.91. The summed E-state index contributed by atoms with van der Waals surface area (Å²) in [6, 6.07) is 9.37. The largest absolute Gasteiger partial charge is 0.496 e. The minimum atomic E-state index is -0.194. The van der Waals surface area contributed by atoms with E-state index in [2.05, 4.69) is 5.32 Å². The van der Waals surface area contributed by atoms with Crippen LogP contribution in [0.4, 0.5) is 0 Å². The van der Waals surface area contributed by atoms with E-state index in [1.807, 2.05) is 31.2 Å². The van der Waals surface area contributed by atoms with Crippen molar-refractivity contribution in [3.63, 3.8) is 0 Å². The van der Waals surface area contributed by atoms with Gasteiger partial charge in [-0.05, 0) is 37.3 Å². The predicted octanol–water partition coefficient (Wildman–Crippen LogP) is 2.43. The molecule has 0 radical (unpaired) electrons. The molecular weight excluding hydrogens is 304 g/mol. The molecule has 0 saturated heterocycles. The second-order valence-corrected chi connectivity index (χ2v) is 6.09. The van der Waals surface area contributed by atoms with E-state index in [4.69, 9.17) is 4.74 Å². The minimum absolute atomic E-state index is 0.1000. The van der Waals surface area contributed by atoms with Gasteiger partial charge in [-0.15, -0.1) is 0 Å². The molecule has 0 spiro atoms. The smallest absolute Gasteiger partial charge is 0.257 e. The Labute approximate surface area is 141 Å². The summed E-state index contributed by atoms with van der Waals surface area (Å²) in [5.41, 5.74) is 3.39. The summed E-state index contributed by atoms with van der Waals surface area (Å²) >= 11 is 0. The number of hydrogen-bond donors (Lipinski definition) is 1. The van der Waals surface area contributed by atoms with Crippen LogP contribution in [0.25, 0.3) is 0 Å². The van der Waals surface area contributed by atoms with Gasteiger partial charge in [0.2, 0.25) is 0 Å². The van der Waals surface area contributed by atoms with Crippen molar-refractivity contribution in [2.75, 3.05) is 7.11 Å². The average Bonchev–Trinajstić information content (AvgIpc) is 2.60. The van der Waals surface area contributed by atoms with E-state index in [0.717, 1.165) is 36.1 Å². The van der Waals surface area contributed by atoms with E-state index in [9.17, 15) is 9.59 Å². The zero-order valence-corrected chi connectivity index (χ0v) is 14.1. The number of carbonyl (C=O) groups is 1. The predicted molar refractivity (Wildman–Crippen MR) is 92.5 cm³/mol. The molecule has 3 rings (SSSR count). The van der Waals surface area contributed by atoms with Crippen molar-refractivity contribution >= 4 is 5.91 Å². The number of fused-ring (bicyclic) bond motifs is 1. The summed E-state index contributed by atoms with van der Waals surface area (Å²) in [6.07, 6.45) is 2.66. The molecule has 1 aliphatic heterocycles. The number of amides is 1. The van der Waals surface area contributed by atoms with Gasteiger partial charge in [0.1, 0.15) is 11.3 Å². The second-order valence-electron chi connectivity index (χ2n) is 6.09. The lowest BCUT2D eigenvalue weighted by molar-refractivity contribution is 0.0945. The molecule has 0 saturated carbocycles. The first-order chi connectivity index (χ1) is 11.6. The third-order valence-electron chi connectivity index (χ3n) is 4.57. The summed E-state index contributed by atoms with van der Waals surface area (Å²) < 4.78 is 7.02. The van der Waals surface area contributed by atoms with E-state index < -0.39 is 0 Å². The number of hydrogen-bond acceptors (Lipinski definition) is 3. The van der Waals surface area contributed by atoms with Crippen molar-refractivity contribution in [3.05, 3.63) is 63.1 Å². The van der Waals surface area contributed by atoms with E-state index in [0.29, 0.717) is 24.4 Å². The summed E-state index contributed by atoms with van der Waals surface area (Å²) in [7, 11) is 1.49. The molecule has 2 aromatic rings. The number of rotatable bonds is 4. The summed E-state index contributed by atoms with van der Waals surface area (Å²) in [4.78, 5) is 25.0. The van der Waals surface area contributed by atoms with E-state index in [-0.39, 0.29) is 11.5 Å². The Morgan fingerprint density at radius 1 is 1.29 bits per heavy atom. The number of ether oxygens (including phenoxy) is 1. The number of nitrogens with zero attached hydrogens (tertiary/aromatic N) is 1. The molecule has 126 valence electrons. The molecule has 24 heavy (non-hydrogen) atoms. The van der Waals surface area contributed by atoms with Gasteiger partial charge in [0.15, 0.2) is 0 Å². The monoisotopic (exact) mass is 326 g/mol. The Kier molecular flexibility index (Phi) is 4.69.